The predicted molar refractivity (Wildman–Crippen MR) is 107 cm³/mol. The van der Waals surface area contributed by atoms with Gasteiger partial charge in [0.25, 0.3) is 0 Å². The van der Waals surface area contributed by atoms with E-state index in [0.29, 0.717) is 12.5 Å². The van der Waals surface area contributed by atoms with E-state index in [9.17, 15) is 4.79 Å². The van der Waals surface area contributed by atoms with Gasteiger partial charge in [0, 0.05) is 12.5 Å². The number of allylic oxidation sites excluding steroid dienone is 2. The highest BCUT2D eigenvalue weighted by atomic mass is 16.1. The zero-order valence-electron chi connectivity index (χ0n) is 16.7. The highest BCUT2D eigenvalue weighted by molar-refractivity contribution is 5.76. The number of nitrogens with one attached hydrogen (secondary N) is 1. The monoisotopic (exact) mass is 337 g/mol. The predicted octanol–water partition coefficient (Wildman–Crippen LogP) is 6.94. The van der Waals surface area contributed by atoms with Crippen LogP contribution in [0.3, 0.4) is 0 Å². The lowest BCUT2D eigenvalue weighted by Crippen LogP contribution is -2.31. The van der Waals surface area contributed by atoms with Crippen molar-refractivity contribution in [2.75, 3.05) is 0 Å². The Morgan fingerprint density at radius 3 is 1.83 bits per heavy atom. The lowest BCUT2D eigenvalue weighted by Gasteiger charge is -2.10. The Balaban J connectivity index is 3.22. The molecule has 0 aromatic heterocycles. The first-order valence-electron chi connectivity index (χ1n) is 10.6. The smallest absolute Gasteiger partial charge is 0.220 e. The Hall–Kier alpha value is -0.790. The molecule has 0 aliphatic rings. The largest absolute Gasteiger partial charge is 0.354 e. The van der Waals surface area contributed by atoms with E-state index in [1.54, 1.807) is 0 Å². The molecule has 0 saturated heterocycles. The van der Waals surface area contributed by atoms with Gasteiger partial charge in [-0.25, -0.2) is 0 Å². The van der Waals surface area contributed by atoms with Crippen LogP contribution in [-0.4, -0.2) is 11.9 Å². The quantitative estimate of drug-likeness (QED) is 0.226. The van der Waals surface area contributed by atoms with E-state index in [0.717, 1.165) is 12.8 Å². The molecule has 24 heavy (non-hydrogen) atoms. The Morgan fingerprint density at radius 1 is 0.792 bits per heavy atom. The zero-order valence-corrected chi connectivity index (χ0v) is 16.7. The van der Waals surface area contributed by atoms with Crippen molar-refractivity contribution < 1.29 is 4.79 Å². The van der Waals surface area contributed by atoms with Crippen molar-refractivity contribution >= 4 is 5.91 Å². The van der Waals surface area contributed by atoms with E-state index in [1.807, 2.05) is 0 Å². The molecular weight excluding hydrogens is 294 g/mol. The van der Waals surface area contributed by atoms with Gasteiger partial charge in [0.05, 0.1) is 0 Å². The van der Waals surface area contributed by atoms with E-state index in [-0.39, 0.29) is 5.91 Å². The third-order valence-corrected chi connectivity index (χ3v) is 4.69. The Kier molecular flexibility index (Phi) is 17.9. The van der Waals surface area contributed by atoms with Crippen LogP contribution in [0.5, 0.6) is 0 Å². The Labute approximate surface area is 151 Å². The van der Waals surface area contributed by atoms with Gasteiger partial charge in [-0.05, 0) is 45.4 Å². The highest BCUT2D eigenvalue weighted by Gasteiger charge is 2.04. The number of carbonyl (C=O) groups excluding carboxylic acids is 1. The van der Waals surface area contributed by atoms with E-state index in [4.69, 9.17) is 0 Å². The molecule has 0 fully saturated rings. The fourth-order valence-corrected chi connectivity index (χ4v) is 2.81. The number of rotatable bonds is 17. The summed E-state index contributed by atoms with van der Waals surface area (Å²) in [6.45, 7) is 6.44. The summed E-state index contributed by atoms with van der Waals surface area (Å²) in [4.78, 5) is 11.6. The summed E-state index contributed by atoms with van der Waals surface area (Å²) in [6, 6.07) is 0.320. The second-order valence-electron chi connectivity index (χ2n) is 7.21. The fourth-order valence-electron chi connectivity index (χ4n) is 2.81. The van der Waals surface area contributed by atoms with Crippen molar-refractivity contribution in [3.05, 3.63) is 12.2 Å². The van der Waals surface area contributed by atoms with Crippen LogP contribution in [0.15, 0.2) is 12.2 Å². The van der Waals surface area contributed by atoms with Gasteiger partial charge in [-0.1, -0.05) is 77.4 Å². The van der Waals surface area contributed by atoms with Crippen molar-refractivity contribution in [2.45, 2.75) is 123 Å². The van der Waals surface area contributed by atoms with Gasteiger partial charge in [0.2, 0.25) is 5.91 Å². The first-order valence-corrected chi connectivity index (χ1v) is 10.6. The molecule has 0 rings (SSSR count). The van der Waals surface area contributed by atoms with Crippen LogP contribution in [0.4, 0.5) is 0 Å². The summed E-state index contributed by atoms with van der Waals surface area (Å²) in [6.07, 6.45) is 23.4. The second-order valence-corrected chi connectivity index (χ2v) is 7.21. The molecule has 0 bridgehead atoms. The van der Waals surface area contributed by atoms with Gasteiger partial charge in [-0.15, -0.1) is 0 Å². The summed E-state index contributed by atoms with van der Waals surface area (Å²) in [5.41, 5.74) is 0. The van der Waals surface area contributed by atoms with Crippen LogP contribution < -0.4 is 5.32 Å². The SMILES string of the molecule is CCCCCCCCC=CCCCCCCCC(=O)NC(C)CC. The van der Waals surface area contributed by atoms with Crippen LogP contribution in [0.2, 0.25) is 0 Å². The normalized spacial score (nSPS) is 12.6. The van der Waals surface area contributed by atoms with Gasteiger partial charge in [-0.2, -0.15) is 0 Å². The number of hydrogen-bond acceptors (Lipinski definition) is 1. The Morgan fingerprint density at radius 2 is 1.29 bits per heavy atom. The maximum atomic E-state index is 11.6. The van der Waals surface area contributed by atoms with Gasteiger partial charge in [0.1, 0.15) is 0 Å². The molecule has 0 aromatic rings. The van der Waals surface area contributed by atoms with Crippen molar-refractivity contribution in [1.82, 2.24) is 5.32 Å². The summed E-state index contributed by atoms with van der Waals surface area (Å²) in [5, 5.41) is 3.03. The molecule has 1 unspecified atom stereocenters. The molecule has 1 N–H and O–H groups in total. The van der Waals surface area contributed by atoms with Crippen LogP contribution in [0.1, 0.15) is 117 Å². The van der Waals surface area contributed by atoms with Crippen LogP contribution in [-0.2, 0) is 4.79 Å². The Bertz CT molecular complexity index is 298. The third kappa shape index (κ3) is 17.6. The van der Waals surface area contributed by atoms with Gasteiger partial charge >= 0.3 is 0 Å². The average molecular weight is 338 g/mol. The summed E-state index contributed by atoms with van der Waals surface area (Å²) in [7, 11) is 0. The van der Waals surface area contributed by atoms with Crippen molar-refractivity contribution in [1.29, 1.82) is 0 Å². The molecule has 0 heterocycles. The molecule has 0 radical (unpaired) electrons. The molecule has 1 amide bonds. The van der Waals surface area contributed by atoms with Crippen LogP contribution in [0, 0.1) is 0 Å². The van der Waals surface area contributed by atoms with E-state index in [2.05, 4.69) is 38.2 Å². The molecular formula is C22H43NO. The summed E-state index contributed by atoms with van der Waals surface area (Å²) < 4.78 is 0. The maximum Gasteiger partial charge on any atom is 0.220 e. The molecule has 0 spiro atoms. The van der Waals surface area contributed by atoms with Gasteiger partial charge in [-0.3, -0.25) is 4.79 Å². The molecule has 0 aliphatic carbocycles. The van der Waals surface area contributed by atoms with Crippen molar-refractivity contribution in [3.8, 4) is 0 Å². The minimum atomic E-state index is 0.224. The van der Waals surface area contributed by atoms with E-state index < -0.39 is 0 Å². The lowest BCUT2D eigenvalue weighted by atomic mass is 10.1. The molecule has 0 aliphatic heterocycles. The minimum absolute atomic E-state index is 0.224. The highest BCUT2D eigenvalue weighted by Crippen LogP contribution is 2.10. The second kappa shape index (κ2) is 18.5. The zero-order chi connectivity index (χ0) is 17.9. The molecule has 1 atom stereocenters. The average Bonchev–Trinajstić information content (AvgIpc) is 2.58. The standard InChI is InChI=1S/C22H43NO/c1-4-6-7-8-9-10-11-12-13-14-15-16-17-18-19-20-22(24)23-21(3)5-2/h12-13,21H,4-11,14-20H2,1-3H3,(H,23,24). The summed E-state index contributed by atoms with van der Waals surface area (Å²) >= 11 is 0. The van der Waals surface area contributed by atoms with Crippen LogP contribution >= 0.6 is 0 Å². The fraction of sp³-hybridized carbons (Fsp3) is 0.864. The molecule has 142 valence electrons. The first-order chi connectivity index (χ1) is 11.7. The minimum Gasteiger partial charge on any atom is -0.354 e. The lowest BCUT2D eigenvalue weighted by molar-refractivity contribution is -0.121. The first kappa shape index (κ1) is 23.2. The van der Waals surface area contributed by atoms with E-state index in [1.165, 1.54) is 77.0 Å². The van der Waals surface area contributed by atoms with Gasteiger partial charge < -0.3 is 5.32 Å². The van der Waals surface area contributed by atoms with Gasteiger partial charge in [0.15, 0.2) is 0 Å². The molecule has 2 nitrogen and oxygen atoms in total. The number of amides is 1. The topological polar surface area (TPSA) is 29.1 Å². The molecule has 0 saturated carbocycles. The molecule has 0 aromatic carbocycles. The van der Waals surface area contributed by atoms with Crippen molar-refractivity contribution in [2.24, 2.45) is 0 Å². The maximum absolute atomic E-state index is 11.6. The third-order valence-electron chi connectivity index (χ3n) is 4.69. The van der Waals surface area contributed by atoms with Crippen LogP contribution in [0.25, 0.3) is 0 Å². The van der Waals surface area contributed by atoms with Crippen molar-refractivity contribution in [3.63, 3.8) is 0 Å². The molecule has 2 heteroatoms. The number of carbonyl (C=O) groups is 1. The number of unbranched alkanes of at least 4 members (excludes halogenated alkanes) is 11. The summed E-state index contributed by atoms with van der Waals surface area (Å²) in [5.74, 6) is 0.224. The van der Waals surface area contributed by atoms with E-state index >= 15 is 0 Å². The number of hydrogen-bond donors (Lipinski definition) is 1.